The van der Waals surface area contributed by atoms with Crippen LogP contribution < -0.4 is 5.32 Å². The van der Waals surface area contributed by atoms with Crippen molar-refractivity contribution in [1.82, 2.24) is 15.1 Å². The third-order valence-corrected chi connectivity index (χ3v) is 2.66. The Kier molecular flexibility index (Phi) is 6.64. The molecule has 98 valence electrons. The van der Waals surface area contributed by atoms with Crippen molar-refractivity contribution in [3.63, 3.8) is 0 Å². The molecule has 7 heteroatoms. The molecule has 0 radical (unpaired) electrons. The van der Waals surface area contributed by atoms with E-state index in [2.05, 4.69) is 10.3 Å². The van der Waals surface area contributed by atoms with Crippen molar-refractivity contribution in [2.45, 2.75) is 19.9 Å². The third-order valence-electron chi connectivity index (χ3n) is 2.08. The fourth-order valence-corrected chi connectivity index (χ4v) is 1.08. The van der Waals surface area contributed by atoms with E-state index in [1.165, 1.54) is 21.6 Å². The van der Waals surface area contributed by atoms with E-state index < -0.39 is 6.03 Å². The maximum Gasteiger partial charge on any atom is 0.345 e. The van der Waals surface area contributed by atoms with Crippen LogP contribution in [0.4, 0.5) is 9.59 Å². The average molecular weight is 260 g/mol. The molecule has 0 fully saturated rings. The predicted octanol–water partition coefficient (Wildman–Crippen LogP) is 1.44. The predicted molar refractivity (Wildman–Crippen MR) is 71.5 cm³/mol. The largest absolute Gasteiger partial charge is 0.345 e. The van der Waals surface area contributed by atoms with Gasteiger partial charge in [0.1, 0.15) is 0 Å². The van der Waals surface area contributed by atoms with Gasteiger partial charge in [0, 0.05) is 27.2 Å². The van der Waals surface area contributed by atoms with Crippen LogP contribution in [-0.4, -0.2) is 60.5 Å². The Balaban J connectivity index is 4.61. The minimum Gasteiger partial charge on any atom is -0.329 e. The van der Waals surface area contributed by atoms with Crippen LogP contribution in [0.2, 0.25) is 0 Å². The summed E-state index contributed by atoms with van der Waals surface area (Å²) in [6.45, 7) is 3.81. The zero-order valence-corrected chi connectivity index (χ0v) is 12.0. The second kappa shape index (κ2) is 7.16. The van der Waals surface area contributed by atoms with E-state index in [0.29, 0.717) is 5.17 Å². The number of thioether (sulfide) groups is 1. The molecule has 0 aliphatic carbocycles. The van der Waals surface area contributed by atoms with E-state index in [1.54, 1.807) is 27.4 Å². The fourth-order valence-electron chi connectivity index (χ4n) is 0.726. The van der Waals surface area contributed by atoms with Crippen molar-refractivity contribution in [3.05, 3.63) is 0 Å². The Morgan fingerprint density at radius 1 is 1.24 bits per heavy atom. The maximum absolute atomic E-state index is 11.7. The van der Waals surface area contributed by atoms with Crippen molar-refractivity contribution in [1.29, 1.82) is 0 Å². The standard InChI is InChI=1S/C10H20N4O2S/c1-7(2)14(5)10(16)12-8(17-6)11-9(15)13(3)4/h7H,1-6H3,(H,11,12,15,16). The third kappa shape index (κ3) is 5.58. The van der Waals surface area contributed by atoms with E-state index in [9.17, 15) is 9.59 Å². The molecule has 0 aliphatic rings. The summed E-state index contributed by atoms with van der Waals surface area (Å²) >= 11 is 1.22. The lowest BCUT2D eigenvalue weighted by atomic mass is 10.4. The molecule has 0 rings (SSSR count). The van der Waals surface area contributed by atoms with Crippen molar-refractivity contribution in [2.24, 2.45) is 4.99 Å². The van der Waals surface area contributed by atoms with Gasteiger partial charge in [-0.25, -0.2) is 9.59 Å². The Labute approximate surface area is 106 Å². The molecule has 0 aromatic carbocycles. The number of amidine groups is 1. The normalized spacial score (nSPS) is 11.4. The highest BCUT2D eigenvalue weighted by molar-refractivity contribution is 8.13. The Bertz CT molecular complexity index is 315. The highest BCUT2D eigenvalue weighted by Crippen LogP contribution is 2.00. The van der Waals surface area contributed by atoms with Gasteiger partial charge in [-0.2, -0.15) is 4.99 Å². The molecular formula is C10H20N4O2S. The Morgan fingerprint density at radius 3 is 2.12 bits per heavy atom. The van der Waals surface area contributed by atoms with Crippen molar-refractivity contribution >= 4 is 29.0 Å². The van der Waals surface area contributed by atoms with E-state index in [0.717, 1.165) is 0 Å². The number of amides is 4. The number of carbonyl (C=O) groups is 2. The van der Waals surface area contributed by atoms with Gasteiger partial charge in [0.05, 0.1) is 0 Å². The Hall–Kier alpha value is -1.24. The minimum absolute atomic E-state index is 0.0858. The summed E-state index contributed by atoms with van der Waals surface area (Å²) in [5.74, 6) is 0. The van der Waals surface area contributed by atoms with Gasteiger partial charge in [-0.3, -0.25) is 5.32 Å². The van der Waals surface area contributed by atoms with E-state index >= 15 is 0 Å². The highest BCUT2D eigenvalue weighted by Gasteiger charge is 2.14. The summed E-state index contributed by atoms with van der Waals surface area (Å²) in [6, 6.07) is -0.593. The SMILES string of the molecule is CSC(=NC(=O)N(C)C)NC(=O)N(C)C(C)C. The molecule has 17 heavy (non-hydrogen) atoms. The lowest BCUT2D eigenvalue weighted by Gasteiger charge is -2.21. The highest BCUT2D eigenvalue weighted by atomic mass is 32.2. The van der Waals surface area contributed by atoms with Crippen LogP contribution in [-0.2, 0) is 0 Å². The number of rotatable bonds is 1. The number of carbonyl (C=O) groups excluding carboxylic acids is 2. The van der Waals surface area contributed by atoms with Crippen LogP contribution in [0.5, 0.6) is 0 Å². The van der Waals surface area contributed by atoms with Gasteiger partial charge < -0.3 is 9.80 Å². The van der Waals surface area contributed by atoms with Gasteiger partial charge in [-0.05, 0) is 20.1 Å². The number of aliphatic imine (C=N–C) groups is 1. The first kappa shape index (κ1) is 15.8. The summed E-state index contributed by atoms with van der Waals surface area (Å²) < 4.78 is 0. The monoisotopic (exact) mass is 260 g/mol. The first-order valence-corrected chi connectivity index (χ1v) is 6.39. The fraction of sp³-hybridized carbons (Fsp3) is 0.700. The van der Waals surface area contributed by atoms with Crippen molar-refractivity contribution in [2.75, 3.05) is 27.4 Å². The first-order chi connectivity index (χ1) is 7.79. The van der Waals surface area contributed by atoms with E-state index in [4.69, 9.17) is 0 Å². The van der Waals surface area contributed by atoms with Gasteiger partial charge in [0.2, 0.25) is 0 Å². The quantitative estimate of drug-likeness (QED) is 0.573. The molecule has 4 amide bonds. The second-order valence-electron chi connectivity index (χ2n) is 3.93. The zero-order chi connectivity index (χ0) is 13.6. The summed E-state index contributed by atoms with van der Waals surface area (Å²) in [5, 5.41) is 2.88. The topological polar surface area (TPSA) is 65.0 Å². The van der Waals surface area contributed by atoms with Crippen LogP contribution in [0.1, 0.15) is 13.8 Å². The number of urea groups is 2. The summed E-state index contributed by atoms with van der Waals surface area (Å²) in [7, 11) is 4.89. The zero-order valence-electron chi connectivity index (χ0n) is 11.1. The summed E-state index contributed by atoms with van der Waals surface area (Å²) in [4.78, 5) is 29.7. The first-order valence-electron chi connectivity index (χ1n) is 5.17. The van der Waals surface area contributed by atoms with Crippen LogP contribution in [0.15, 0.2) is 4.99 Å². The smallest absolute Gasteiger partial charge is 0.329 e. The van der Waals surface area contributed by atoms with E-state index in [-0.39, 0.29) is 12.1 Å². The number of hydrogen-bond donors (Lipinski definition) is 1. The van der Waals surface area contributed by atoms with Crippen LogP contribution in [0, 0.1) is 0 Å². The molecule has 0 unspecified atom stereocenters. The summed E-state index contributed by atoms with van der Waals surface area (Å²) in [5.41, 5.74) is 0. The van der Waals surface area contributed by atoms with Gasteiger partial charge in [-0.15, -0.1) is 0 Å². The molecule has 0 heterocycles. The van der Waals surface area contributed by atoms with E-state index in [1.807, 2.05) is 13.8 Å². The molecule has 0 bridgehead atoms. The number of nitrogens with one attached hydrogen (secondary N) is 1. The lowest BCUT2D eigenvalue weighted by Crippen LogP contribution is -2.43. The minimum atomic E-state index is -0.401. The molecule has 0 spiro atoms. The Morgan fingerprint density at radius 2 is 1.76 bits per heavy atom. The molecular weight excluding hydrogens is 240 g/mol. The molecule has 0 saturated carbocycles. The van der Waals surface area contributed by atoms with Crippen LogP contribution >= 0.6 is 11.8 Å². The maximum atomic E-state index is 11.7. The average Bonchev–Trinajstić information content (AvgIpc) is 2.26. The van der Waals surface area contributed by atoms with Gasteiger partial charge >= 0.3 is 12.1 Å². The second-order valence-corrected chi connectivity index (χ2v) is 4.73. The molecule has 0 saturated heterocycles. The molecule has 1 N–H and O–H groups in total. The molecule has 0 aliphatic heterocycles. The molecule has 6 nitrogen and oxygen atoms in total. The van der Waals surface area contributed by atoms with Crippen LogP contribution in [0.25, 0.3) is 0 Å². The van der Waals surface area contributed by atoms with Crippen molar-refractivity contribution < 1.29 is 9.59 Å². The van der Waals surface area contributed by atoms with Crippen molar-refractivity contribution in [3.8, 4) is 0 Å². The van der Waals surface area contributed by atoms with Crippen LogP contribution in [0.3, 0.4) is 0 Å². The summed E-state index contributed by atoms with van der Waals surface area (Å²) in [6.07, 6.45) is 1.75. The van der Waals surface area contributed by atoms with Gasteiger partial charge in [0.15, 0.2) is 5.17 Å². The molecule has 0 aromatic rings. The van der Waals surface area contributed by atoms with Gasteiger partial charge in [0.25, 0.3) is 0 Å². The lowest BCUT2D eigenvalue weighted by molar-refractivity contribution is 0.203. The number of nitrogens with zero attached hydrogens (tertiary/aromatic N) is 3. The number of hydrogen-bond acceptors (Lipinski definition) is 3. The van der Waals surface area contributed by atoms with Gasteiger partial charge in [-0.1, -0.05) is 11.8 Å². The molecule has 0 aromatic heterocycles. The molecule has 0 atom stereocenters.